The molecule has 18 heavy (non-hydrogen) atoms. The van der Waals surface area contributed by atoms with Crippen molar-refractivity contribution in [1.29, 1.82) is 0 Å². The summed E-state index contributed by atoms with van der Waals surface area (Å²) in [5.74, 6) is -1.32. The second-order valence-electron chi connectivity index (χ2n) is 3.83. The molecule has 1 heterocycles. The fraction of sp³-hybridized carbons (Fsp3) is 0.300. The molecule has 2 rings (SSSR count). The molecule has 0 aliphatic carbocycles. The van der Waals surface area contributed by atoms with Gasteiger partial charge in [0.15, 0.2) is 6.10 Å². The lowest BCUT2D eigenvalue weighted by Crippen LogP contribution is -2.51. The van der Waals surface area contributed by atoms with Crippen LogP contribution in [0.4, 0.5) is 5.69 Å². The van der Waals surface area contributed by atoms with Crippen molar-refractivity contribution in [3.05, 3.63) is 23.2 Å². The molecule has 0 saturated carbocycles. The zero-order chi connectivity index (χ0) is 13.5. The highest BCUT2D eigenvalue weighted by Crippen LogP contribution is 2.36. The van der Waals surface area contributed by atoms with Crippen LogP contribution in [-0.4, -0.2) is 33.3 Å². The summed E-state index contributed by atoms with van der Waals surface area (Å²) in [6.07, 6.45) is -0.358. The number of hydrogen-bond acceptors (Lipinski definition) is 5. The van der Waals surface area contributed by atoms with Gasteiger partial charge in [0.1, 0.15) is 5.75 Å². The average Bonchev–Trinajstić information content (AvgIpc) is 2.26. The molecule has 1 aromatic rings. The summed E-state index contributed by atoms with van der Waals surface area (Å²) in [6, 6.07) is 4.31. The number of hydrogen-bond donors (Lipinski definition) is 0. The minimum atomic E-state index is -3.62. The van der Waals surface area contributed by atoms with E-state index in [1.807, 2.05) is 0 Å². The van der Waals surface area contributed by atoms with Gasteiger partial charge in [-0.2, -0.15) is 0 Å². The Labute approximate surface area is 109 Å². The number of aliphatic carboxylic acids is 1. The normalized spacial score (nSPS) is 19.0. The minimum Gasteiger partial charge on any atom is -0.546 e. The number of nitrogens with zero attached hydrogens (tertiary/aromatic N) is 1. The third-order valence-electron chi connectivity index (χ3n) is 2.45. The molecule has 0 fully saturated rings. The summed E-state index contributed by atoms with van der Waals surface area (Å²) >= 11 is 5.79. The number of rotatable bonds is 2. The maximum atomic E-state index is 11.6. The van der Waals surface area contributed by atoms with E-state index >= 15 is 0 Å². The van der Waals surface area contributed by atoms with Crippen LogP contribution in [-0.2, 0) is 14.8 Å². The van der Waals surface area contributed by atoms with Gasteiger partial charge in [-0.25, -0.2) is 8.42 Å². The number of carbonyl (C=O) groups is 1. The Morgan fingerprint density at radius 1 is 1.56 bits per heavy atom. The maximum Gasteiger partial charge on any atom is 0.232 e. The highest BCUT2D eigenvalue weighted by Gasteiger charge is 2.31. The molecule has 0 radical (unpaired) electrons. The maximum absolute atomic E-state index is 11.6. The summed E-state index contributed by atoms with van der Waals surface area (Å²) in [4.78, 5) is 10.8. The lowest BCUT2D eigenvalue weighted by Gasteiger charge is -2.35. The number of fused-ring (bicyclic) bond motifs is 1. The quantitative estimate of drug-likeness (QED) is 0.741. The van der Waals surface area contributed by atoms with Crippen LogP contribution >= 0.6 is 11.6 Å². The minimum absolute atomic E-state index is 0.144. The van der Waals surface area contributed by atoms with Crippen molar-refractivity contribution in [2.45, 2.75) is 6.10 Å². The molecular formula is C10H9ClNO5S-. The third-order valence-corrected chi connectivity index (χ3v) is 3.84. The van der Waals surface area contributed by atoms with Crippen LogP contribution in [0, 0.1) is 0 Å². The van der Waals surface area contributed by atoms with Crippen LogP contribution in [0.5, 0.6) is 5.75 Å². The molecule has 1 aliphatic heterocycles. The van der Waals surface area contributed by atoms with E-state index in [0.29, 0.717) is 5.02 Å². The predicted molar refractivity (Wildman–Crippen MR) is 63.1 cm³/mol. The highest BCUT2D eigenvalue weighted by molar-refractivity contribution is 7.92. The van der Waals surface area contributed by atoms with Crippen molar-refractivity contribution < 1.29 is 23.1 Å². The first-order valence-corrected chi connectivity index (χ1v) is 7.16. The van der Waals surface area contributed by atoms with Crippen molar-refractivity contribution in [1.82, 2.24) is 0 Å². The molecule has 0 amide bonds. The van der Waals surface area contributed by atoms with E-state index in [0.717, 1.165) is 10.6 Å². The van der Waals surface area contributed by atoms with Gasteiger partial charge in [-0.15, -0.1) is 0 Å². The summed E-state index contributed by atoms with van der Waals surface area (Å²) < 4.78 is 29.4. The predicted octanol–water partition coefficient (Wildman–Crippen LogP) is -0.383. The molecule has 0 aromatic heterocycles. The van der Waals surface area contributed by atoms with Crippen LogP contribution in [0.1, 0.15) is 0 Å². The van der Waals surface area contributed by atoms with Crippen molar-refractivity contribution >= 4 is 33.3 Å². The monoisotopic (exact) mass is 290 g/mol. The number of ether oxygens (including phenoxy) is 1. The first kappa shape index (κ1) is 13.0. The van der Waals surface area contributed by atoms with E-state index in [1.165, 1.54) is 18.2 Å². The molecular weight excluding hydrogens is 282 g/mol. The van der Waals surface area contributed by atoms with Crippen molar-refractivity contribution in [3.63, 3.8) is 0 Å². The third kappa shape index (κ3) is 2.37. The standard InChI is InChI=1S/C10H10ClNO5S/c1-18(15,16)12-5-9(10(13)14)17-8-3-2-6(11)4-7(8)12/h2-4,9H,5H2,1H3,(H,13,14)/p-1/t9-/m1/s1. The van der Waals surface area contributed by atoms with E-state index in [4.69, 9.17) is 16.3 Å². The molecule has 0 saturated heterocycles. The smallest absolute Gasteiger partial charge is 0.232 e. The summed E-state index contributed by atoms with van der Waals surface area (Å²) in [7, 11) is -3.62. The molecule has 98 valence electrons. The van der Waals surface area contributed by atoms with E-state index < -0.39 is 22.1 Å². The zero-order valence-electron chi connectivity index (χ0n) is 9.29. The number of carboxylic acid groups (broad SMARTS) is 1. The first-order valence-electron chi connectivity index (χ1n) is 4.94. The lowest BCUT2D eigenvalue weighted by molar-refractivity contribution is -0.313. The van der Waals surface area contributed by atoms with Crippen LogP contribution in [0.2, 0.25) is 5.02 Å². The van der Waals surface area contributed by atoms with E-state index in [9.17, 15) is 18.3 Å². The van der Waals surface area contributed by atoms with E-state index in [-0.39, 0.29) is 18.0 Å². The average molecular weight is 291 g/mol. The number of anilines is 1. The largest absolute Gasteiger partial charge is 0.546 e. The topological polar surface area (TPSA) is 86.7 Å². The van der Waals surface area contributed by atoms with Gasteiger partial charge in [0, 0.05) is 5.02 Å². The van der Waals surface area contributed by atoms with Gasteiger partial charge < -0.3 is 14.6 Å². The second kappa shape index (κ2) is 4.33. The fourth-order valence-corrected chi connectivity index (χ4v) is 2.73. The zero-order valence-corrected chi connectivity index (χ0v) is 10.9. The van der Waals surface area contributed by atoms with Crippen LogP contribution < -0.4 is 14.1 Å². The molecule has 0 bridgehead atoms. The Hall–Kier alpha value is -1.47. The molecule has 0 N–H and O–H groups in total. The Morgan fingerprint density at radius 3 is 2.78 bits per heavy atom. The Morgan fingerprint density at radius 2 is 2.22 bits per heavy atom. The molecule has 1 aliphatic rings. The van der Waals surface area contributed by atoms with Crippen molar-refractivity contribution in [2.75, 3.05) is 17.1 Å². The van der Waals surface area contributed by atoms with Gasteiger partial charge in [0.25, 0.3) is 0 Å². The van der Waals surface area contributed by atoms with Gasteiger partial charge >= 0.3 is 0 Å². The van der Waals surface area contributed by atoms with Gasteiger partial charge in [-0.1, -0.05) is 11.6 Å². The molecule has 1 aromatic carbocycles. The highest BCUT2D eigenvalue weighted by atomic mass is 35.5. The lowest BCUT2D eigenvalue weighted by atomic mass is 10.2. The van der Waals surface area contributed by atoms with E-state index in [1.54, 1.807) is 0 Å². The summed E-state index contributed by atoms with van der Waals surface area (Å²) in [6.45, 7) is -0.339. The fourth-order valence-electron chi connectivity index (χ4n) is 1.66. The van der Waals surface area contributed by atoms with Crippen molar-refractivity contribution in [3.8, 4) is 5.75 Å². The summed E-state index contributed by atoms with van der Waals surface area (Å²) in [5, 5.41) is 11.2. The molecule has 0 spiro atoms. The van der Waals surface area contributed by atoms with Crippen LogP contribution in [0.3, 0.4) is 0 Å². The van der Waals surface area contributed by atoms with Crippen molar-refractivity contribution in [2.24, 2.45) is 0 Å². The molecule has 0 unspecified atom stereocenters. The number of sulfonamides is 1. The van der Waals surface area contributed by atoms with Gasteiger partial charge in [0.2, 0.25) is 10.0 Å². The molecule has 1 atom stereocenters. The van der Waals surface area contributed by atoms with E-state index in [2.05, 4.69) is 0 Å². The Kier molecular flexibility index (Phi) is 3.12. The molecule has 8 heteroatoms. The van der Waals surface area contributed by atoms with Gasteiger partial charge in [-0.05, 0) is 18.2 Å². The summed E-state index contributed by atoms with van der Waals surface area (Å²) in [5.41, 5.74) is 0.225. The Bertz CT molecular complexity index is 600. The first-order chi connectivity index (χ1) is 8.29. The number of carboxylic acids is 1. The van der Waals surface area contributed by atoms with Crippen LogP contribution in [0.15, 0.2) is 18.2 Å². The SMILES string of the molecule is CS(=O)(=O)N1C[C@H](C(=O)[O-])Oc2ccc(Cl)cc21. The van der Waals surface area contributed by atoms with Gasteiger partial charge in [0.05, 0.1) is 24.5 Å². The second-order valence-corrected chi connectivity index (χ2v) is 6.17. The number of benzene rings is 1. The number of halogens is 1. The van der Waals surface area contributed by atoms with Gasteiger partial charge in [-0.3, -0.25) is 4.31 Å². The van der Waals surface area contributed by atoms with Crippen LogP contribution in [0.25, 0.3) is 0 Å². The number of carbonyl (C=O) groups excluding carboxylic acids is 1. The molecule has 6 nitrogen and oxygen atoms in total. The Balaban J connectivity index is 2.54.